The lowest BCUT2D eigenvalue weighted by Gasteiger charge is -2.32. The Balaban J connectivity index is 1.60. The minimum Gasteiger partial charge on any atom is -0.483 e. The average molecular weight is 461 g/mol. The van der Waals surface area contributed by atoms with Crippen LogP contribution in [0.1, 0.15) is 32.6 Å². The van der Waals surface area contributed by atoms with Gasteiger partial charge in [0.15, 0.2) is 0 Å². The number of carbonyl (C=O) groups excluding carboxylic acids is 1. The summed E-state index contributed by atoms with van der Waals surface area (Å²) < 4.78 is 12.8. The summed E-state index contributed by atoms with van der Waals surface area (Å²) >= 11 is 6.13. The number of ether oxygens (including phenoxy) is 2. The van der Waals surface area contributed by atoms with E-state index >= 15 is 0 Å². The summed E-state index contributed by atoms with van der Waals surface area (Å²) in [4.78, 5) is 27.7. The van der Waals surface area contributed by atoms with Crippen LogP contribution >= 0.6 is 11.6 Å². The minimum atomic E-state index is -0.309. The SMILES string of the molecule is CCOC(=O)C1CCC(Oc2c(N3CCNCC3)cnn(-c3cccc(Cl)c3)c2=O)CC1. The number of nitrogens with one attached hydrogen (secondary N) is 1. The Morgan fingerprint density at radius 1 is 1.22 bits per heavy atom. The molecule has 9 heteroatoms. The van der Waals surface area contributed by atoms with Gasteiger partial charge in [0.1, 0.15) is 5.69 Å². The number of carbonyl (C=O) groups is 1. The maximum absolute atomic E-state index is 13.5. The van der Waals surface area contributed by atoms with Gasteiger partial charge in [-0.25, -0.2) is 0 Å². The van der Waals surface area contributed by atoms with Crippen LogP contribution in [0.3, 0.4) is 0 Å². The van der Waals surface area contributed by atoms with Crippen molar-refractivity contribution in [2.45, 2.75) is 38.7 Å². The number of aromatic nitrogens is 2. The fourth-order valence-corrected chi connectivity index (χ4v) is 4.49. The van der Waals surface area contributed by atoms with E-state index in [4.69, 9.17) is 21.1 Å². The molecule has 1 N–H and O–H groups in total. The Kier molecular flexibility index (Phi) is 7.32. The van der Waals surface area contributed by atoms with E-state index in [1.165, 1.54) is 4.68 Å². The normalized spacial score (nSPS) is 21.2. The predicted molar refractivity (Wildman–Crippen MR) is 123 cm³/mol. The van der Waals surface area contributed by atoms with Gasteiger partial charge in [-0.15, -0.1) is 0 Å². The molecule has 1 aliphatic carbocycles. The van der Waals surface area contributed by atoms with Crippen molar-refractivity contribution in [2.24, 2.45) is 5.92 Å². The second-order valence-corrected chi connectivity index (χ2v) is 8.57. The highest BCUT2D eigenvalue weighted by atomic mass is 35.5. The fraction of sp³-hybridized carbons (Fsp3) is 0.522. The molecule has 8 nitrogen and oxygen atoms in total. The largest absolute Gasteiger partial charge is 0.483 e. The zero-order chi connectivity index (χ0) is 22.5. The molecule has 2 aliphatic rings. The van der Waals surface area contributed by atoms with Crippen molar-refractivity contribution in [3.8, 4) is 11.4 Å². The average Bonchev–Trinajstić information content (AvgIpc) is 2.81. The number of rotatable bonds is 6. The molecule has 1 aromatic carbocycles. The summed E-state index contributed by atoms with van der Waals surface area (Å²) in [5.74, 6) is 0.0733. The lowest BCUT2D eigenvalue weighted by molar-refractivity contribution is -0.149. The molecule has 0 radical (unpaired) electrons. The summed E-state index contributed by atoms with van der Waals surface area (Å²) in [6.45, 7) is 5.42. The van der Waals surface area contributed by atoms with Crippen molar-refractivity contribution in [3.63, 3.8) is 0 Å². The summed E-state index contributed by atoms with van der Waals surface area (Å²) in [5, 5.41) is 8.27. The van der Waals surface area contributed by atoms with Gasteiger partial charge in [0, 0.05) is 31.2 Å². The van der Waals surface area contributed by atoms with Gasteiger partial charge in [0.05, 0.1) is 30.5 Å². The number of hydrogen-bond acceptors (Lipinski definition) is 7. The first-order valence-corrected chi connectivity index (χ1v) is 11.6. The number of anilines is 1. The molecule has 0 unspecified atom stereocenters. The molecule has 1 aromatic heterocycles. The molecule has 0 bridgehead atoms. The highest BCUT2D eigenvalue weighted by molar-refractivity contribution is 6.30. The minimum absolute atomic E-state index is 0.0944. The Morgan fingerprint density at radius 2 is 1.97 bits per heavy atom. The number of halogens is 1. The molecule has 1 aliphatic heterocycles. The summed E-state index contributed by atoms with van der Waals surface area (Å²) in [5.41, 5.74) is 0.989. The molecular formula is C23H29ClN4O4. The van der Waals surface area contributed by atoms with Crippen LogP contribution < -0.4 is 20.5 Å². The quantitative estimate of drug-likeness (QED) is 0.663. The number of piperazine rings is 1. The van der Waals surface area contributed by atoms with Gasteiger partial charge < -0.3 is 19.7 Å². The van der Waals surface area contributed by atoms with E-state index in [0.717, 1.165) is 26.2 Å². The van der Waals surface area contributed by atoms with Crippen LogP contribution in [0.25, 0.3) is 5.69 Å². The van der Waals surface area contributed by atoms with Crippen molar-refractivity contribution in [1.29, 1.82) is 0 Å². The smallest absolute Gasteiger partial charge is 0.316 e. The highest BCUT2D eigenvalue weighted by Crippen LogP contribution is 2.31. The van der Waals surface area contributed by atoms with Gasteiger partial charge in [-0.1, -0.05) is 17.7 Å². The first kappa shape index (κ1) is 22.6. The maximum Gasteiger partial charge on any atom is 0.316 e. The van der Waals surface area contributed by atoms with Crippen LogP contribution in [0.5, 0.6) is 5.75 Å². The van der Waals surface area contributed by atoms with E-state index < -0.39 is 0 Å². The van der Waals surface area contributed by atoms with Crippen LogP contribution in [-0.4, -0.2) is 54.6 Å². The Morgan fingerprint density at radius 3 is 2.66 bits per heavy atom. The van der Waals surface area contributed by atoms with Crippen molar-refractivity contribution in [2.75, 3.05) is 37.7 Å². The Labute approximate surface area is 192 Å². The van der Waals surface area contributed by atoms with Crippen molar-refractivity contribution in [3.05, 3.63) is 45.8 Å². The number of nitrogens with zero attached hydrogens (tertiary/aromatic N) is 3. The molecule has 2 aromatic rings. The molecule has 4 rings (SSSR count). The van der Waals surface area contributed by atoms with E-state index in [-0.39, 0.29) is 23.6 Å². The molecule has 1 saturated heterocycles. The molecule has 0 amide bonds. The molecular weight excluding hydrogens is 432 g/mol. The molecule has 1 saturated carbocycles. The van der Waals surface area contributed by atoms with E-state index in [1.54, 1.807) is 30.5 Å². The van der Waals surface area contributed by atoms with Gasteiger partial charge in [-0.3, -0.25) is 9.59 Å². The monoisotopic (exact) mass is 460 g/mol. The molecule has 172 valence electrons. The Bertz CT molecular complexity index is 998. The Hall–Kier alpha value is -2.58. The number of benzene rings is 1. The zero-order valence-corrected chi connectivity index (χ0v) is 19.0. The van der Waals surface area contributed by atoms with Crippen LogP contribution in [0, 0.1) is 5.92 Å². The third-order valence-electron chi connectivity index (χ3n) is 6.00. The maximum atomic E-state index is 13.5. The number of hydrogen-bond donors (Lipinski definition) is 1. The molecule has 2 fully saturated rings. The lowest BCUT2D eigenvalue weighted by Crippen LogP contribution is -2.44. The van der Waals surface area contributed by atoms with Crippen LogP contribution in [0.4, 0.5) is 5.69 Å². The lowest BCUT2D eigenvalue weighted by atomic mass is 9.87. The third-order valence-corrected chi connectivity index (χ3v) is 6.24. The van der Waals surface area contributed by atoms with E-state index in [9.17, 15) is 9.59 Å². The van der Waals surface area contributed by atoms with E-state index in [1.807, 2.05) is 6.92 Å². The van der Waals surface area contributed by atoms with Crippen LogP contribution in [0.2, 0.25) is 5.02 Å². The van der Waals surface area contributed by atoms with Crippen LogP contribution in [0.15, 0.2) is 35.3 Å². The zero-order valence-electron chi connectivity index (χ0n) is 18.3. The van der Waals surface area contributed by atoms with E-state index in [0.29, 0.717) is 54.4 Å². The topological polar surface area (TPSA) is 85.7 Å². The molecule has 0 spiro atoms. The second kappa shape index (κ2) is 10.4. The van der Waals surface area contributed by atoms with Gasteiger partial charge in [0.25, 0.3) is 0 Å². The summed E-state index contributed by atoms with van der Waals surface area (Å²) in [7, 11) is 0. The first-order chi connectivity index (χ1) is 15.6. The summed E-state index contributed by atoms with van der Waals surface area (Å²) in [6, 6.07) is 7.03. The standard InChI is InChI=1S/C23H29ClN4O4/c1-2-31-23(30)16-6-8-19(9-7-16)32-21-20(27-12-10-25-11-13-27)15-26-28(22(21)29)18-5-3-4-17(24)14-18/h3-5,14-16,19,25H,2,6-13H2,1H3. The van der Waals surface area contributed by atoms with Crippen LogP contribution in [-0.2, 0) is 9.53 Å². The predicted octanol–water partition coefficient (Wildman–Crippen LogP) is 2.80. The second-order valence-electron chi connectivity index (χ2n) is 8.14. The van der Waals surface area contributed by atoms with Crippen molar-refractivity contribution in [1.82, 2.24) is 15.1 Å². The van der Waals surface area contributed by atoms with Gasteiger partial charge >= 0.3 is 11.5 Å². The number of esters is 1. The first-order valence-electron chi connectivity index (χ1n) is 11.2. The van der Waals surface area contributed by atoms with Gasteiger partial charge in [-0.2, -0.15) is 9.78 Å². The van der Waals surface area contributed by atoms with Gasteiger partial charge in [-0.05, 0) is 50.8 Å². The summed E-state index contributed by atoms with van der Waals surface area (Å²) in [6.07, 6.45) is 4.35. The fourth-order valence-electron chi connectivity index (χ4n) is 4.31. The van der Waals surface area contributed by atoms with Gasteiger partial charge in [0.2, 0.25) is 5.75 Å². The van der Waals surface area contributed by atoms with Crippen molar-refractivity contribution >= 4 is 23.3 Å². The molecule has 0 atom stereocenters. The molecule has 2 heterocycles. The van der Waals surface area contributed by atoms with Crippen molar-refractivity contribution < 1.29 is 14.3 Å². The third kappa shape index (κ3) is 5.07. The molecule has 32 heavy (non-hydrogen) atoms. The van der Waals surface area contributed by atoms with E-state index in [2.05, 4.69) is 15.3 Å². The highest BCUT2D eigenvalue weighted by Gasteiger charge is 2.30.